The number of benzene rings is 2. The van der Waals surface area contributed by atoms with Crippen LogP contribution in [0.15, 0.2) is 48.5 Å². The van der Waals surface area contributed by atoms with Crippen LogP contribution < -0.4 is 4.52 Å². The first-order valence-electron chi connectivity index (χ1n) is 7.47. The average molecular weight is 295 g/mol. The number of rotatable bonds is 2. The zero-order valence-electron chi connectivity index (χ0n) is 11.9. The normalized spacial score (nSPS) is 14.1. The van der Waals surface area contributed by atoms with Gasteiger partial charge in [0.05, 0.1) is 15.0 Å². The molecular formula is C18H18NOP. The van der Waals surface area contributed by atoms with Crippen LogP contribution in [0.3, 0.4) is 0 Å². The molecule has 1 atom stereocenters. The van der Waals surface area contributed by atoms with Crippen LogP contribution >= 0.6 is 9.47 Å². The lowest BCUT2D eigenvalue weighted by molar-refractivity contribution is 0.645. The molecule has 4 rings (SSSR count). The van der Waals surface area contributed by atoms with E-state index >= 15 is 0 Å². The molecule has 106 valence electrons. The number of hydrogen-bond donors (Lipinski definition) is 0. The summed E-state index contributed by atoms with van der Waals surface area (Å²) in [7, 11) is 2.29. The molecule has 1 unspecified atom stereocenters. The van der Waals surface area contributed by atoms with Crippen LogP contribution in [-0.4, -0.2) is 4.57 Å². The molecule has 0 saturated carbocycles. The SMILES string of the molecule is POc1ccc(-n2c3c(c4ccccc42)CCCC3)cc1. The highest BCUT2D eigenvalue weighted by Crippen LogP contribution is 2.34. The van der Waals surface area contributed by atoms with E-state index in [4.69, 9.17) is 4.52 Å². The zero-order valence-corrected chi connectivity index (χ0v) is 13.0. The lowest BCUT2D eigenvalue weighted by atomic mass is 9.95. The summed E-state index contributed by atoms with van der Waals surface area (Å²) in [6.45, 7) is 0. The largest absolute Gasteiger partial charge is 0.480 e. The number of aromatic nitrogens is 1. The van der Waals surface area contributed by atoms with Gasteiger partial charge in [0.15, 0.2) is 0 Å². The highest BCUT2D eigenvalue weighted by atomic mass is 31.0. The van der Waals surface area contributed by atoms with Gasteiger partial charge in [-0.25, -0.2) is 0 Å². The Kier molecular flexibility index (Phi) is 3.20. The summed E-state index contributed by atoms with van der Waals surface area (Å²) in [6, 6.07) is 17.1. The van der Waals surface area contributed by atoms with Gasteiger partial charge in [0, 0.05) is 16.8 Å². The summed E-state index contributed by atoms with van der Waals surface area (Å²) in [5, 5.41) is 1.42. The number of para-hydroxylation sites is 1. The fourth-order valence-corrected chi connectivity index (χ4v) is 3.62. The molecule has 3 aromatic rings. The zero-order chi connectivity index (χ0) is 14.2. The second-order valence-electron chi connectivity index (χ2n) is 5.60. The van der Waals surface area contributed by atoms with Crippen molar-refractivity contribution in [3.05, 3.63) is 59.8 Å². The Morgan fingerprint density at radius 3 is 2.48 bits per heavy atom. The molecule has 0 fully saturated rings. The molecule has 0 spiro atoms. The standard InChI is InChI=1S/C18H18NOP/c21-20-14-11-9-13(10-12-14)19-17-7-3-1-5-15(17)16-6-2-4-8-18(16)19/h1,3,5,7,9-12H,2,4,6,8,21H2. The summed E-state index contributed by atoms with van der Waals surface area (Å²) in [4.78, 5) is 0. The molecule has 1 aliphatic rings. The fraction of sp³-hybridized carbons (Fsp3) is 0.222. The predicted octanol–water partition coefficient (Wildman–Crippen LogP) is 4.68. The van der Waals surface area contributed by atoms with E-state index in [1.165, 1.54) is 48.0 Å². The maximum absolute atomic E-state index is 5.19. The topological polar surface area (TPSA) is 14.2 Å². The minimum absolute atomic E-state index is 0.870. The molecule has 3 heteroatoms. The van der Waals surface area contributed by atoms with E-state index < -0.39 is 0 Å². The maximum atomic E-state index is 5.19. The van der Waals surface area contributed by atoms with Crippen molar-refractivity contribution in [2.75, 3.05) is 0 Å². The van der Waals surface area contributed by atoms with Crippen molar-refractivity contribution >= 4 is 20.4 Å². The molecule has 0 N–H and O–H groups in total. The summed E-state index contributed by atoms with van der Waals surface area (Å²) in [5.74, 6) is 0.870. The van der Waals surface area contributed by atoms with E-state index in [0.29, 0.717) is 0 Å². The third-order valence-electron chi connectivity index (χ3n) is 4.41. The molecule has 1 heterocycles. The van der Waals surface area contributed by atoms with Gasteiger partial charge in [-0.05, 0) is 61.6 Å². The van der Waals surface area contributed by atoms with E-state index in [0.717, 1.165) is 5.75 Å². The first-order chi connectivity index (χ1) is 10.4. The van der Waals surface area contributed by atoms with Crippen LogP contribution in [0.4, 0.5) is 0 Å². The Balaban J connectivity index is 1.98. The predicted molar refractivity (Wildman–Crippen MR) is 90.3 cm³/mol. The minimum Gasteiger partial charge on any atom is -0.480 e. The Morgan fingerprint density at radius 1 is 0.905 bits per heavy atom. The van der Waals surface area contributed by atoms with Gasteiger partial charge < -0.3 is 9.09 Å². The molecule has 0 saturated heterocycles. The van der Waals surface area contributed by atoms with Gasteiger partial charge in [-0.3, -0.25) is 0 Å². The average Bonchev–Trinajstić information content (AvgIpc) is 2.90. The molecule has 1 aromatic heterocycles. The summed E-state index contributed by atoms with van der Waals surface area (Å²) < 4.78 is 7.62. The van der Waals surface area contributed by atoms with Crippen molar-refractivity contribution in [3.63, 3.8) is 0 Å². The Bertz CT molecular complexity index is 789. The number of nitrogens with zero attached hydrogens (tertiary/aromatic N) is 1. The summed E-state index contributed by atoms with van der Waals surface area (Å²) >= 11 is 0. The molecule has 0 radical (unpaired) electrons. The Morgan fingerprint density at radius 2 is 1.67 bits per heavy atom. The van der Waals surface area contributed by atoms with Crippen LogP contribution in [0.5, 0.6) is 5.75 Å². The maximum Gasteiger partial charge on any atom is 0.122 e. The molecule has 21 heavy (non-hydrogen) atoms. The summed E-state index contributed by atoms with van der Waals surface area (Å²) in [6.07, 6.45) is 4.97. The second kappa shape index (κ2) is 5.20. The molecule has 2 nitrogen and oxygen atoms in total. The second-order valence-corrected chi connectivity index (χ2v) is 5.83. The van der Waals surface area contributed by atoms with Gasteiger partial charge in [-0.2, -0.15) is 0 Å². The van der Waals surface area contributed by atoms with Crippen LogP contribution in [0, 0.1) is 0 Å². The molecule has 2 aromatic carbocycles. The van der Waals surface area contributed by atoms with Gasteiger partial charge in [0.1, 0.15) is 5.75 Å². The van der Waals surface area contributed by atoms with Crippen LogP contribution in [0.2, 0.25) is 0 Å². The van der Waals surface area contributed by atoms with Gasteiger partial charge in [-0.15, -0.1) is 0 Å². The molecule has 1 aliphatic carbocycles. The van der Waals surface area contributed by atoms with Crippen LogP contribution in [-0.2, 0) is 12.8 Å². The van der Waals surface area contributed by atoms with Gasteiger partial charge in [0.25, 0.3) is 0 Å². The number of fused-ring (bicyclic) bond motifs is 3. The van der Waals surface area contributed by atoms with E-state index in [1.54, 1.807) is 5.56 Å². The number of aryl methyl sites for hydroxylation is 1. The van der Waals surface area contributed by atoms with Crippen molar-refractivity contribution in [2.24, 2.45) is 0 Å². The first-order valence-corrected chi connectivity index (χ1v) is 7.94. The highest BCUT2D eigenvalue weighted by Gasteiger charge is 2.20. The monoisotopic (exact) mass is 295 g/mol. The quantitative estimate of drug-likeness (QED) is 0.626. The molecular weight excluding hydrogens is 277 g/mol. The lowest BCUT2D eigenvalue weighted by Crippen LogP contribution is -2.06. The lowest BCUT2D eigenvalue weighted by Gasteiger charge is -2.16. The molecule has 0 bridgehead atoms. The third-order valence-corrected chi connectivity index (χ3v) is 4.68. The van der Waals surface area contributed by atoms with Crippen molar-refractivity contribution in [3.8, 4) is 11.4 Å². The van der Waals surface area contributed by atoms with Crippen molar-refractivity contribution in [1.29, 1.82) is 0 Å². The van der Waals surface area contributed by atoms with Gasteiger partial charge >= 0.3 is 0 Å². The Hall–Kier alpha value is -1.79. The van der Waals surface area contributed by atoms with E-state index in [9.17, 15) is 0 Å². The number of hydrogen-bond acceptors (Lipinski definition) is 1. The van der Waals surface area contributed by atoms with Crippen LogP contribution in [0.1, 0.15) is 24.1 Å². The van der Waals surface area contributed by atoms with E-state index in [-0.39, 0.29) is 0 Å². The smallest absolute Gasteiger partial charge is 0.122 e. The minimum atomic E-state index is 0.870. The van der Waals surface area contributed by atoms with E-state index in [1.807, 2.05) is 12.1 Å². The van der Waals surface area contributed by atoms with E-state index in [2.05, 4.69) is 50.4 Å². The molecule has 0 aliphatic heterocycles. The third kappa shape index (κ3) is 2.06. The van der Waals surface area contributed by atoms with Gasteiger partial charge in [0.2, 0.25) is 0 Å². The van der Waals surface area contributed by atoms with Crippen molar-refractivity contribution < 1.29 is 4.52 Å². The molecule has 0 amide bonds. The van der Waals surface area contributed by atoms with Crippen molar-refractivity contribution in [1.82, 2.24) is 4.57 Å². The Labute approximate surface area is 127 Å². The first kappa shape index (κ1) is 12.9. The van der Waals surface area contributed by atoms with Crippen LogP contribution in [0.25, 0.3) is 16.6 Å². The van der Waals surface area contributed by atoms with Crippen molar-refractivity contribution in [2.45, 2.75) is 25.7 Å². The van der Waals surface area contributed by atoms with Gasteiger partial charge in [-0.1, -0.05) is 18.2 Å². The fourth-order valence-electron chi connectivity index (χ4n) is 3.46. The summed E-state index contributed by atoms with van der Waals surface area (Å²) in [5.41, 5.74) is 5.58. The highest BCUT2D eigenvalue weighted by molar-refractivity contribution is 7.10.